The number of rotatable bonds is 3. The van der Waals surface area contributed by atoms with Gasteiger partial charge in [-0.3, -0.25) is 0 Å². The molecule has 0 aromatic carbocycles. The summed E-state index contributed by atoms with van der Waals surface area (Å²) in [5, 5.41) is 8.79. The predicted molar refractivity (Wildman–Crippen MR) is 62.9 cm³/mol. The number of nitriles is 1. The summed E-state index contributed by atoms with van der Waals surface area (Å²) in [6.45, 7) is 6.20. The second-order valence-electron chi connectivity index (χ2n) is 4.02. The van der Waals surface area contributed by atoms with Crippen molar-refractivity contribution in [2.24, 2.45) is 11.7 Å². The lowest BCUT2D eigenvalue weighted by molar-refractivity contribution is 0.453. The highest BCUT2D eigenvalue weighted by Crippen LogP contribution is 2.35. The van der Waals surface area contributed by atoms with Crippen LogP contribution in [0.1, 0.15) is 60.7 Å². The topological polar surface area (TPSA) is 49.8 Å². The summed E-state index contributed by atoms with van der Waals surface area (Å²) < 4.78 is 0. The monoisotopic (exact) mass is 198 g/mol. The van der Waals surface area contributed by atoms with Crippen molar-refractivity contribution >= 4 is 0 Å². The first-order valence-electron chi connectivity index (χ1n) is 5.90. The van der Waals surface area contributed by atoms with Crippen LogP contribution in [0, 0.1) is 17.2 Å². The SMILES string of the molecule is CC.CCCCC1CCC(N)(C#N)C1.[HH]. The molecule has 14 heavy (non-hydrogen) atoms. The van der Waals surface area contributed by atoms with Crippen molar-refractivity contribution in [1.82, 2.24) is 0 Å². The summed E-state index contributed by atoms with van der Waals surface area (Å²) in [5.74, 6) is 0.717. The molecule has 2 atom stereocenters. The highest BCUT2D eigenvalue weighted by Gasteiger charge is 2.35. The van der Waals surface area contributed by atoms with E-state index in [0.717, 1.165) is 25.2 Å². The Bertz CT molecular complexity index is 189. The molecule has 0 aromatic heterocycles. The van der Waals surface area contributed by atoms with Crippen molar-refractivity contribution < 1.29 is 1.43 Å². The molecule has 0 bridgehead atoms. The molecule has 0 radical (unpaired) electrons. The van der Waals surface area contributed by atoms with Crippen molar-refractivity contribution in [3.8, 4) is 6.07 Å². The minimum atomic E-state index is -0.488. The van der Waals surface area contributed by atoms with E-state index < -0.39 is 5.54 Å². The molecule has 2 unspecified atom stereocenters. The van der Waals surface area contributed by atoms with Gasteiger partial charge in [-0.2, -0.15) is 5.26 Å². The molecule has 1 saturated carbocycles. The zero-order valence-electron chi connectivity index (χ0n) is 9.84. The first kappa shape index (κ1) is 13.4. The number of hydrogen-bond acceptors (Lipinski definition) is 2. The van der Waals surface area contributed by atoms with Crippen LogP contribution < -0.4 is 5.73 Å². The van der Waals surface area contributed by atoms with Crippen LogP contribution in [0.4, 0.5) is 0 Å². The van der Waals surface area contributed by atoms with Crippen molar-refractivity contribution in [2.45, 2.75) is 64.8 Å². The summed E-state index contributed by atoms with van der Waals surface area (Å²) in [7, 11) is 0. The standard InChI is InChI=1S/C10H18N2.C2H6.H2/c1-2-3-4-9-5-6-10(12,7-9)8-11;1-2;/h9H,2-7,12H2,1H3;1-2H3;1H. The molecular formula is C12H26N2. The summed E-state index contributed by atoms with van der Waals surface area (Å²) in [4.78, 5) is 0. The van der Waals surface area contributed by atoms with E-state index in [0.29, 0.717) is 0 Å². The van der Waals surface area contributed by atoms with Crippen molar-refractivity contribution in [2.75, 3.05) is 0 Å². The van der Waals surface area contributed by atoms with E-state index in [1.807, 2.05) is 13.8 Å². The lowest BCUT2D eigenvalue weighted by Gasteiger charge is -2.13. The maximum Gasteiger partial charge on any atom is 0.104 e. The van der Waals surface area contributed by atoms with Gasteiger partial charge in [0, 0.05) is 1.43 Å². The fourth-order valence-corrected chi connectivity index (χ4v) is 2.02. The average molecular weight is 198 g/mol. The molecule has 1 aliphatic rings. The van der Waals surface area contributed by atoms with Crippen molar-refractivity contribution in [3.63, 3.8) is 0 Å². The molecule has 0 amide bonds. The molecule has 0 aromatic rings. The van der Waals surface area contributed by atoms with Gasteiger partial charge in [0.05, 0.1) is 6.07 Å². The molecule has 1 fully saturated rings. The van der Waals surface area contributed by atoms with Crippen molar-refractivity contribution in [3.05, 3.63) is 0 Å². The number of unbranched alkanes of at least 4 members (excludes halogenated alkanes) is 1. The summed E-state index contributed by atoms with van der Waals surface area (Å²) in [5.41, 5.74) is 5.37. The van der Waals surface area contributed by atoms with Crippen LogP contribution >= 0.6 is 0 Å². The third kappa shape index (κ3) is 4.11. The van der Waals surface area contributed by atoms with Gasteiger partial charge in [-0.05, 0) is 25.2 Å². The highest BCUT2D eigenvalue weighted by molar-refractivity contribution is 5.09. The lowest BCUT2D eigenvalue weighted by Crippen LogP contribution is -2.34. The Kier molecular flexibility index (Phi) is 6.57. The second kappa shape index (κ2) is 6.84. The van der Waals surface area contributed by atoms with E-state index in [1.54, 1.807) is 0 Å². The quantitative estimate of drug-likeness (QED) is 0.755. The van der Waals surface area contributed by atoms with Gasteiger partial charge >= 0.3 is 0 Å². The molecule has 0 saturated heterocycles. The van der Waals surface area contributed by atoms with E-state index in [9.17, 15) is 0 Å². The third-order valence-electron chi connectivity index (χ3n) is 2.84. The number of nitrogens with two attached hydrogens (primary N) is 1. The van der Waals surface area contributed by atoms with E-state index in [-0.39, 0.29) is 1.43 Å². The van der Waals surface area contributed by atoms with Gasteiger partial charge in [0.2, 0.25) is 0 Å². The van der Waals surface area contributed by atoms with Gasteiger partial charge < -0.3 is 5.73 Å². The average Bonchev–Trinajstić information content (AvgIpc) is 2.61. The summed E-state index contributed by atoms with van der Waals surface area (Å²) in [6, 6.07) is 2.22. The summed E-state index contributed by atoms with van der Waals surface area (Å²) >= 11 is 0. The summed E-state index contributed by atoms with van der Waals surface area (Å²) in [6.07, 6.45) is 6.77. The zero-order chi connectivity index (χ0) is 11.0. The first-order valence-corrected chi connectivity index (χ1v) is 5.90. The first-order chi connectivity index (χ1) is 6.70. The number of nitrogens with zero attached hydrogens (tertiary/aromatic N) is 1. The molecule has 2 N–H and O–H groups in total. The molecule has 2 heteroatoms. The molecular weight excluding hydrogens is 172 g/mol. The Morgan fingerprint density at radius 2 is 2.21 bits per heavy atom. The Balaban J connectivity index is 0. The minimum Gasteiger partial charge on any atom is -0.313 e. The van der Waals surface area contributed by atoms with Gasteiger partial charge in [0.15, 0.2) is 0 Å². The van der Waals surface area contributed by atoms with Crippen LogP contribution in [0.2, 0.25) is 0 Å². The highest BCUT2D eigenvalue weighted by atomic mass is 14.8. The van der Waals surface area contributed by atoms with Crippen LogP contribution in [-0.2, 0) is 0 Å². The van der Waals surface area contributed by atoms with Gasteiger partial charge in [-0.1, -0.05) is 40.0 Å². The molecule has 2 nitrogen and oxygen atoms in total. The van der Waals surface area contributed by atoms with Crippen LogP contribution in [0.3, 0.4) is 0 Å². The van der Waals surface area contributed by atoms with Crippen LogP contribution in [0.15, 0.2) is 0 Å². The van der Waals surface area contributed by atoms with Gasteiger partial charge in [-0.25, -0.2) is 0 Å². The molecule has 0 heterocycles. The molecule has 84 valence electrons. The second-order valence-corrected chi connectivity index (χ2v) is 4.02. The largest absolute Gasteiger partial charge is 0.313 e. The molecule has 1 aliphatic carbocycles. The van der Waals surface area contributed by atoms with Crippen LogP contribution in [0.5, 0.6) is 0 Å². The van der Waals surface area contributed by atoms with Gasteiger partial charge in [0.25, 0.3) is 0 Å². The smallest absolute Gasteiger partial charge is 0.104 e. The van der Waals surface area contributed by atoms with E-state index in [2.05, 4.69) is 13.0 Å². The Morgan fingerprint density at radius 3 is 2.64 bits per heavy atom. The number of hydrogen-bond donors (Lipinski definition) is 1. The van der Waals surface area contributed by atoms with E-state index in [4.69, 9.17) is 11.0 Å². The molecule has 1 rings (SSSR count). The minimum absolute atomic E-state index is 0. The maximum atomic E-state index is 8.79. The molecule has 0 spiro atoms. The maximum absolute atomic E-state index is 8.79. The van der Waals surface area contributed by atoms with Crippen LogP contribution in [0.25, 0.3) is 0 Å². The van der Waals surface area contributed by atoms with Gasteiger partial charge in [0.1, 0.15) is 5.54 Å². The van der Waals surface area contributed by atoms with E-state index >= 15 is 0 Å². The Morgan fingerprint density at radius 1 is 1.57 bits per heavy atom. The lowest BCUT2D eigenvalue weighted by atomic mass is 9.96. The normalized spacial score (nSPS) is 30.4. The van der Waals surface area contributed by atoms with Gasteiger partial charge in [-0.15, -0.1) is 0 Å². The van der Waals surface area contributed by atoms with Crippen LogP contribution in [-0.4, -0.2) is 5.54 Å². The van der Waals surface area contributed by atoms with E-state index in [1.165, 1.54) is 19.3 Å². The zero-order valence-corrected chi connectivity index (χ0v) is 9.84. The predicted octanol–water partition coefficient (Wildman–Crippen LogP) is 3.47. The third-order valence-corrected chi connectivity index (χ3v) is 2.84. The Labute approximate surface area is 90.0 Å². The Hall–Kier alpha value is -0.550. The molecule has 0 aliphatic heterocycles. The van der Waals surface area contributed by atoms with Crippen molar-refractivity contribution in [1.29, 1.82) is 5.26 Å². The fourth-order valence-electron chi connectivity index (χ4n) is 2.02. The fraction of sp³-hybridized carbons (Fsp3) is 0.917.